The lowest BCUT2D eigenvalue weighted by atomic mass is 10.1. The summed E-state index contributed by atoms with van der Waals surface area (Å²) >= 11 is 0. The fourth-order valence-electron chi connectivity index (χ4n) is 1.14. The lowest BCUT2D eigenvalue weighted by Gasteiger charge is -2.13. The first-order valence-electron chi connectivity index (χ1n) is 5.21. The van der Waals surface area contributed by atoms with E-state index in [1.54, 1.807) is 0 Å². The molecule has 1 atom stereocenters. The molecule has 0 amide bonds. The van der Waals surface area contributed by atoms with Crippen LogP contribution in [-0.2, 0) is 9.05 Å². The molecule has 0 aliphatic rings. The fourth-order valence-corrected chi connectivity index (χ4v) is 2.12. The van der Waals surface area contributed by atoms with E-state index in [1.807, 2.05) is 13.8 Å². The molecular formula is C11H14ClFO3S. The first-order valence-corrected chi connectivity index (χ1v) is 7.52. The van der Waals surface area contributed by atoms with Crippen LogP contribution in [0.3, 0.4) is 0 Å². The fraction of sp³-hybridized carbons (Fsp3) is 0.455. The molecule has 96 valence electrons. The lowest BCUT2D eigenvalue weighted by molar-refractivity contribution is 0.250. The molecule has 0 fully saturated rings. The highest BCUT2D eigenvalue weighted by Crippen LogP contribution is 2.28. The molecule has 3 nitrogen and oxygen atoms in total. The summed E-state index contributed by atoms with van der Waals surface area (Å²) in [4.78, 5) is -0.331. The minimum atomic E-state index is -4.00. The number of benzene rings is 1. The van der Waals surface area contributed by atoms with Gasteiger partial charge >= 0.3 is 0 Å². The molecule has 0 heterocycles. The molecule has 0 radical (unpaired) electrons. The zero-order valence-electron chi connectivity index (χ0n) is 9.61. The molecule has 1 rings (SSSR count). The predicted octanol–water partition coefficient (Wildman–Crippen LogP) is 3.18. The molecule has 1 unspecified atom stereocenters. The van der Waals surface area contributed by atoms with E-state index in [-0.39, 0.29) is 16.6 Å². The van der Waals surface area contributed by atoms with E-state index >= 15 is 0 Å². The van der Waals surface area contributed by atoms with Gasteiger partial charge in [-0.1, -0.05) is 20.3 Å². The molecule has 0 aromatic heterocycles. The Morgan fingerprint density at radius 1 is 1.47 bits per heavy atom. The summed E-state index contributed by atoms with van der Waals surface area (Å²) in [5, 5.41) is 0. The molecule has 0 N–H and O–H groups in total. The van der Waals surface area contributed by atoms with E-state index in [0.29, 0.717) is 6.61 Å². The Balaban J connectivity index is 3.00. The molecule has 0 aliphatic heterocycles. The molecule has 0 bridgehead atoms. The molecule has 1 aromatic rings. The molecule has 1 aromatic carbocycles. The van der Waals surface area contributed by atoms with Gasteiger partial charge < -0.3 is 4.74 Å². The quantitative estimate of drug-likeness (QED) is 0.778. The molecule has 6 heteroatoms. The van der Waals surface area contributed by atoms with Crippen LogP contribution in [0.25, 0.3) is 0 Å². The van der Waals surface area contributed by atoms with E-state index in [9.17, 15) is 12.8 Å². The van der Waals surface area contributed by atoms with Crippen LogP contribution >= 0.6 is 10.7 Å². The van der Waals surface area contributed by atoms with Crippen molar-refractivity contribution >= 4 is 19.7 Å². The van der Waals surface area contributed by atoms with Gasteiger partial charge in [0.15, 0.2) is 0 Å². The van der Waals surface area contributed by atoms with Crippen molar-refractivity contribution in [3.8, 4) is 5.75 Å². The van der Waals surface area contributed by atoms with Crippen LogP contribution in [0.5, 0.6) is 5.75 Å². The molecule has 0 saturated heterocycles. The van der Waals surface area contributed by atoms with Crippen molar-refractivity contribution < 1.29 is 17.5 Å². The maximum Gasteiger partial charge on any atom is 0.265 e. The largest absolute Gasteiger partial charge is 0.492 e. The molecular weight excluding hydrogens is 267 g/mol. The van der Waals surface area contributed by atoms with Gasteiger partial charge in [-0.05, 0) is 24.1 Å². The van der Waals surface area contributed by atoms with Gasteiger partial charge in [0.1, 0.15) is 16.5 Å². The van der Waals surface area contributed by atoms with E-state index in [2.05, 4.69) is 0 Å². The maximum absolute atomic E-state index is 13.0. The Morgan fingerprint density at radius 3 is 2.65 bits per heavy atom. The van der Waals surface area contributed by atoms with Gasteiger partial charge in [-0.3, -0.25) is 0 Å². The lowest BCUT2D eigenvalue weighted by Crippen LogP contribution is -2.09. The highest BCUT2D eigenvalue weighted by atomic mass is 35.7. The van der Waals surface area contributed by atoms with Gasteiger partial charge in [-0.2, -0.15) is 0 Å². The topological polar surface area (TPSA) is 43.4 Å². The smallest absolute Gasteiger partial charge is 0.265 e. The van der Waals surface area contributed by atoms with E-state index in [1.165, 1.54) is 6.07 Å². The second-order valence-corrected chi connectivity index (χ2v) is 6.39. The minimum Gasteiger partial charge on any atom is -0.492 e. The number of rotatable bonds is 5. The Labute approximate surface area is 105 Å². The normalized spacial score (nSPS) is 13.4. The van der Waals surface area contributed by atoms with Crippen molar-refractivity contribution in [1.82, 2.24) is 0 Å². The van der Waals surface area contributed by atoms with Crippen molar-refractivity contribution in [3.63, 3.8) is 0 Å². The molecule has 0 spiro atoms. The Bertz CT molecular complexity index is 487. The Kier molecular flexibility index (Phi) is 4.77. The monoisotopic (exact) mass is 280 g/mol. The van der Waals surface area contributed by atoms with Gasteiger partial charge in [0.25, 0.3) is 9.05 Å². The van der Waals surface area contributed by atoms with Crippen molar-refractivity contribution in [3.05, 3.63) is 24.0 Å². The van der Waals surface area contributed by atoms with Crippen LogP contribution < -0.4 is 4.74 Å². The standard InChI is InChI=1S/C11H14ClFO3S/c1-3-8(2)7-16-10-5-4-9(13)6-11(10)17(12,14)15/h4-6,8H,3,7H2,1-2H3. The Hall–Kier alpha value is -0.810. The van der Waals surface area contributed by atoms with Gasteiger partial charge in [-0.15, -0.1) is 0 Å². The van der Waals surface area contributed by atoms with Crippen LogP contribution in [0.4, 0.5) is 4.39 Å². The van der Waals surface area contributed by atoms with Crippen LogP contribution in [-0.4, -0.2) is 15.0 Å². The van der Waals surface area contributed by atoms with Crippen LogP contribution in [0.1, 0.15) is 20.3 Å². The molecule has 0 aliphatic carbocycles. The van der Waals surface area contributed by atoms with E-state index in [0.717, 1.165) is 18.6 Å². The summed E-state index contributed by atoms with van der Waals surface area (Å²) in [5.74, 6) is -0.298. The zero-order chi connectivity index (χ0) is 13.1. The van der Waals surface area contributed by atoms with Crippen molar-refractivity contribution in [2.45, 2.75) is 25.2 Å². The van der Waals surface area contributed by atoms with Crippen molar-refractivity contribution in [2.75, 3.05) is 6.61 Å². The summed E-state index contributed by atoms with van der Waals surface area (Å²) in [6, 6.07) is 3.26. The van der Waals surface area contributed by atoms with Crippen LogP contribution in [0.2, 0.25) is 0 Å². The average Bonchev–Trinajstić information content (AvgIpc) is 2.25. The van der Waals surface area contributed by atoms with E-state index < -0.39 is 14.9 Å². The highest BCUT2D eigenvalue weighted by Gasteiger charge is 2.18. The average molecular weight is 281 g/mol. The van der Waals surface area contributed by atoms with Gasteiger partial charge in [0.2, 0.25) is 0 Å². The molecule has 17 heavy (non-hydrogen) atoms. The van der Waals surface area contributed by atoms with Gasteiger partial charge in [0.05, 0.1) is 6.61 Å². The first kappa shape index (κ1) is 14.3. The highest BCUT2D eigenvalue weighted by molar-refractivity contribution is 8.13. The number of halogens is 2. The second kappa shape index (κ2) is 5.69. The number of hydrogen-bond donors (Lipinski definition) is 0. The minimum absolute atomic E-state index is 0.0849. The van der Waals surface area contributed by atoms with Crippen LogP contribution in [0.15, 0.2) is 23.1 Å². The van der Waals surface area contributed by atoms with Crippen LogP contribution in [0, 0.1) is 11.7 Å². The van der Waals surface area contributed by atoms with E-state index in [4.69, 9.17) is 15.4 Å². The SMILES string of the molecule is CCC(C)COc1ccc(F)cc1S(=O)(=O)Cl. The summed E-state index contributed by atoms with van der Waals surface area (Å²) in [6.07, 6.45) is 0.907. The Morgan fingerprint density at radius 2 is 2.12 bits per heavy atom. The summed E-state index contributed by atoms with van der Waals surface area (Å²) in [6.45, 7) is 4.33. The van der Waals surface area contributed by atoms with Gasteiger partial charge in [0, 0.05) is 10.7 Å². The summed E-state index contributed by atoms with van der Waals surface area (Å²) in [7, 11) is 1.21. The number of hydrogen-bond acceptors (Lipinski definition) is 3. The first-order chi connectivity index (χ1) is 7.84. The van der Waals surface area contributed by atoms with Crippen molar-refractivity contribution in [1.29, 1.82) is 0 Å². The molecule has 0 saturated carbocycles. The van der Waals surface area contributed by atoms with Crippen molar-refractivity contribution in [2.24, 2.45) is 5.92 Å². The predicted molar refractivity (Wildman–Crippen MR) is 64.4 cm³/mol. The van der Waals surface area contributed by atoms with Gasteiger partial charge in [-0.25, -0.2) is 12.8 Å². The third-order valence-electron chi connectivity index (χ3n) is 2.39. The number of ether oxygens (including phenoxy) is 1. The zero-order valence-corrected chi connectivity index (χ0v) is 11.2. The third-order valence-corrected chi connectivity index (χ3v) is 3.73. The third kappa shape index (κ3) is 4.16. The maximum atomic E-state index is 13.0. The summed E-state index contributed by atoms with van der Waals surface area (Å²) < 4.78 is 40.8. The second-order valence-electron chi connectivity index (χ2n) is 3.85. The summed E-state index contributed by atoms with van der Waals surface area (Å²) in [5.41, 5.74) is 0.